The fourth-order valence-electron chi connectivity index (χ4n) is 3.39. The van der Waals surface area contributed by atoms with Crippen LogP contribution >= 0.6 is 0 Å². The van der Waals surface area contributed by atoms with Gasteiger partial charge < -0.3 is 0 Å². The fraction of sp³-hybridized carbons (Fsp3) is 0.263. The summed E-state index contributed by atoms with van der Waals surface area (Å²) in [5.74, 6) is -0.795. The van der Waals surface area contributed by atoms with E-state index in [1.54, 1.807) is 24.3 Å². The van der Waals surface area contributed by atoms with Gasteiger partial charge in [-0.3, -0.25) is 14.5 Å². The Bertz CT molecular complexity index is 981. The zero-order valence-corrected chi connectivity index (χ0v) is 15.2. The van der Waals surface area contributed by atoms with Crippen LogP contribution in [0.1, 0.15) is 12.8 Å². The lowest BCUT2D eigenvalue weighted by atomic mass is 10.1. The van der Waals surface area contributed by atoms with Gasteiger partial charge in [-0.2, -0.15) is 4.31 Å². The fourth-order valence-corrected chi connectivity index (χ4v) is 4.90. The number of carbonyl (C=O) groups excluding carboxylic acids is 2. The minimum absolute atomic E-state index is 0.125. The molecule has 0 bridgehead atoms. The first-order chi connectivity index (χ1) is 12.9. The first-order valence-corrected chi connectivity index (χ1v) is 10.0. The molecule has 0 N–H and O–H groups in total. The van der Waals surface area contributed by atoms with Crippen molar-refractivity contribution in [3.05, 3.63) is 54.3 Å². The monoisotopic (exact) mass is 388 g/mol. The van der Waals surface area contributed by atoms with Gasteiger partial charge >= 0.3 is 0 Å². The Hall–Kier alpha value is -2.58. The van der Waals surface area contributed by atoms with E-state index >= 15 is 0 Å². The lowest BCUT2D eigenvalue weighted by molar-refractivity contribution is -0.143. The molecule has 0 aromatic heterocycles. The number of rotatable bonds is 4. The Labute approximate surface area is 156 Å². The average Bonchev–Trinajstić information content (AvgIpc) is 2.94. The molecule has 0 aliphatic carbocycles. The molecule has 2 heterocycles. The van der Waals surface area contributed by atoms with Gasteiger partial charge in [0.05, 0.1) is 10.9 Å². The highest BCUT2D eigenvalue weighted by atomic mass is 32.2. The minimum Gasteiger partial charge on any atom is -0.277 e. The maximum Gasteiger partial charge on any atom is 0.243 e. The largest absolute Gasteiger partial charge is 0.277 e. The topological polar surface area (TPSA) is 74.8 Å². The summed E-state index contributed by atoms with van der Waals surface area (Å²) in [7, 11) is -3.68. The first kappa shape index (κ1) is 17.8. The van der Waals surface area contributed by atoms with Gasteiger partial charge in [-0.1, -0.05) is 24.3 Å². The molecular formula is C19H17FN2O4S. The van der Waals surface area contributed by atoms with Gasteiger partial charge in [0.2, 0.25) is 21.8 Å². The third-order valence-electron chi connectivity index (χ3n) is 4.95. The molecular weight excluding hydrogens is 371 g/mol. The van der Waals surface area contributed by atoms with Gasteiger partial charge in [-0.25, -0.2) is 12.8 Å². The second-order valence-electron chi connectivity index (χ2n) is 6.66. The summed E-state index contributed by atoms with van der Waals surface area (Å²) in [4.78, 5) is 24.8. The van der Waals surface area contributed by atoms with E-state index in [9.17, 15) is 22.4 Å². The summed E-state index contributed by atoms with van der Waals surface area (Å²) < 4.78 is 39.7. The quantitative estimate of drug-likeness (QED) is 0.751. The van der Waals surface area contributed by atoms with E-state index in [4.69, 9.17) is 0 Å². The summed E-state index contributed by atoms with van der Waals surface area (Å²) >= 11 is 0. The van der Waals surface area contributed by atoms with Crippen molar-refractivity contribution in [1.82, 2.24) is 9.21 Å². The van der Waals surface area contributed by atoms with E-state index in [2.05, 4.69) is 0 Å². The molecule has 2 fully saturated rings. The maximum absolute atomic E-state index is 13.0. The molecule has 2 aromatic carbocycles. The number of sulfonamides is 1. The summed E-state index contributed by atoms with van der Waals surface area (Å²) in [6, 6.07) is 11.9. The molecule has 6 nitrogen and oxygen atoms in total. The predicted octanol–water partition coefficient (Wildman–Crippen LogP) is 2.01. The SMILES string of the molecule is O=C1CCC(=O)N1C1CN(S(=O)(=O)c2ccc(-c3ccc(F)cc3)cc2)C1. The van der Waals surface area contributed by atoms with Gasteiger partial charge in [-0.15, -0.1) is 0 Å². The van der Waals surface area contributed by atoms with Crippen LogP contribution in [0.4, 0.5) is 4.39 Å². The molecule has 0 radical (unpaired) electrons. The molecule has 8 heteroatoms. The zero-order valence-electron chi connectivity index (χ0n) is 14.3. The van der Waals surface area contributed by atoms with Crippen molar-refractivity contribution >= 4 is 21.8 Å². The van der Waals surface area contributed by atoms with Crippen LogP contribution in [0.2, 0.25) is 0 Å². The number of halogens is 1. The highest BCUT2D eigenvalue weighted by Gasteiger charge is 2.45. The molecule has 0 atom stereocenters. The van der Waals surface area contributed by atoms with Crippen molar-refractivity contribution < 1.29 is 22.4 Å². The van der Waals surface area contributed by atoms with Crippen LogP contribution in [-0.4, -0.2) is 48.6 Å². The van der Waals surface area contributed by atoms with E-state index in [0.717, 1.165) is 11.1 Å². The Morgan fingerprint density at radius 1 is 0.815 bits per heavy atom. The van der Waals surface area contributed by atoms with Gasteiger partial charge in [0.1, 0.15) is 5.82 Å². The number of hydrogen-bond acceptors (Lipinski definition) is 4. The smallest absolute Gasteiger partial charge is 0.243 e. The molecule has 0 spiro atoms. The number of amides is 2. The first-order valence-electron chi connectivity index (χ1n) is 8.57. The highest BCUT2D eigenvalue weighted by Crippen LogP contribution is 2.29. The standard InChI is InChI=1S/C19H17FN2O4S/c20-15-5-1-13(2-6-15)14-3-7-17(8-4-14)27(25,26)21-11-16(12-21)22-18(23)9-10-19(22)24/h1-8,16H,9-12H2. The molecule has 27 heavy (non-hydrogen) atoms. The van der Waals surface area contributed by atoms with E-state index in [1.165, 1.54) is 33.5 Å². The van der Waals surface area contributed by atoms with Crippen molar-refractivity contribution in [3.63, 3.8) is 0 Å². The van der Waals surface area contributed by atoms with Crippen molar-refractivity contribution in [3.8, 4) is 11.1 Å². The van der Waals surface area contributed by atoms with Crippen molar-refractivity contribution in [2.75, 3.05) is 13.1 Å². The van der Waals surface area contributed by atoms with Crippen LogP contribution < -0.4 is 0 Å². The van der Waals surface area contributed by atoms with E-state index < -0.39 is 10.0 Å². The summed E-state index contributed by atoms with van der Waals surface area (Å²) in [5, 5.41) is 0. The number of hydrogen-bond donors (Lipinski definition) is 0. The van der Waals surface area contributed by atoms with Gasteiger partial charge in [-0.05, 0) is 35.4 Å². The van der Waals surface area contributed by atoms with Gasteiger partial charge in [0, 0.05) is 25.9 Å². The van der Waals surface area contributed by atoms with Gasteiger partial charge in [0.15, 0.2) is 0 Å². The second-order valence-corrected chi connectivity index (χ2v) is 8.60. The Balaban J connectivity index is 1.47. The Kier molecular flexibility index (Phi) is 4.32. The van der Waals surface area contributed by atoms with Crippen LogP contribution in [0.15, 0.2) is 53.4 Å². The van der Waals surface area contributed by atoms with Crippen LogP contribution in [0, 0.1) is 5.82 Å². The Morgan fingerprint density at radius 3 is 1.81 bits per heavy atom. The molecule has 2 aliphatic rings. The average molecular weight is 388 g/mol. The highest BCUT2D eigenvalue weighted by molar-refractivity contribution is 7.89. The number of carbonyl (C=O) groups is 2. The summed E-state index contributed by atoms with van der Waals surface area (Å²) in [5.41, 5.74) is 1.57. The zero-order chi connectivity index (χ0) is 19.2. The number of nitrogens with zero attached hydrogens (tertiary/aromatic N) is 2. The molecule has 0 saturated carbocycles. The number of imide groups is 1. The molecule has 4 rings (SSSR count). The van der Waals surface area contributed by atoms with Crippen molar-refractivity contribution in [2.45, 2.75) is 23.8 Å². The van der Waals surface area contributed by atoms with Crippen LogP contribution in [0.5, 0.6) is 0 Å². The predicted molar refractivity (Wildman–Crippen MR) is 95.5 cm³/mol. The van der Waals surface area contributed by atoms with Crippen molar-refractivity contribution in [2.24, 2.45) is 0 Å². The second kappa shape index (κ2) is 6.54. The van der Waals surface area contributed by atoms with Crippen LogP contribution in [0.25, 0.3) is 11.1 Å². The summed E-state index contributed by atoms with van der Waals surface area (Å²) in [6.07, 6.45) is 0.403. The lowest BCUT2D eigenvalue weighted by Gasteiger charge is -2.41. The molecule has 140 valence electrons. The molecule has 2 aromatic rings. The van der Waals surface area contributed by atoms with Crippen LogP contribution in [-0.2, 0) is 19.6 Å². The van der Waals surface area contributed by atoms with E-state index in [0.29, 0.717) is 0 Å². The normalized spacial score (nSPS) is 18.8. The molecule has 2 aliphatic heterocycles. The Morgan fingerprint density at radius 2 is 1.30 bits per heavy atom. The molecule has 2 amide bonds. The van der Waals surface area contributed by atoms with Crippen LogP contribution in [0.3, 0.4) is 0 Å². The third kappa shape index (κ3) is 3.15. The minimum atomic E-state index is -3.68. The maximum atomic E-state index is 13.0. The number of benzene rings is 2. The third-order valence-corrected chi connectivity index (χ3v) is 6.80. The lowest BCUT2D eigenvalue weighted by Crippen LogP contribution is -2.62. The van der Waals surface area contributed by atoms with E-state index in [-0.39, 0.29) is 54.5 Å². The molecule has 0 unspecified atom stereocenters. The van der Waals surface area contributed by atoms with E-state index in [1.807, 2.05) is 0 Å². The molecule has 2 saturated heterocycles. The summed E-state index contributed by atoms with van der Waals surface area (Å²) in [6.45, 7) is 0.249. The van der Waals surface area contributed by atoms with Crippen molar-refractivity contribution in [1.29, 1.82) is 0 Å². The number of likely N-dealkylation sites (tertiary alicyclic amines) is 1. The van der Waals surface area contributed by atoms with Gasteiger partial charge in [0.25, 0.3) is 0 Å².